The Labute approximate surface area is 507 Å². The number of quaternary nitrogens is 1. The Kier molecular flexibility index (Phi) is 58.6. The molecule has 0 aromatic carbocycles. The molecule has 0 rings (SSSR count). The van der Waals surface area contributed by atoms with Gasteiger partial charge in [-0.1, -0.05) is 248 Å². The number of rotatable bonds is 57. The summed E-state index contributed by atoms with van der Waals surface area (Å²) in [6.45, 7) is 4.59. The van der Waals surface area contributed by atoms with Crippen LogP contribution in [0.1, 0.15) is 219 Å². The van der Waals surface area contributed by atoms with Gasteiger partial charge in [0.05, 0.1) is 34.4 Å². The molecule has 2 unspecified atom stereocenters. The molecule has 0 heterocycles. The predicted molar refractivity (Wildman–Crippen MR) is 354 cm³/mol. The van der Waals surface area contributed by atoms with Crippen molar-refractivity contribution in [2.45, 2.75) is 232 Å². The van der Waals surface area contributed by atoms with Gasteiger partial charge in [0, 0.05) is 12.8 Å². The van der Waals surface area contributed by atoms with Crippen LogP contribution in [0, 0.1) is 0 Å². The fourth-order valence-electron chi connectivity index (χ4n) is 8.09. The summed E-state index contributed by atoms with van der Waals surface area (Å²) in [5, 5.41) is 9.73. The second kappa shape index (κ2) is 62.7. The van der Waals surface area contributed by atoms with Gasteiger partial charge in [0.2, 0.25) is 0 Å². The smallest absolute Gasteiger partial charge is 0.361 e. The Morgan fingerprint density at radius 1 is 0.361 bits per heavy atom. The van der Waals surface area contributed by atoms with Crippen LogP contribution in [0.3, 0.4) is 0 Å². The predicted octanol–water partition coefficient (Wildman–Crippen LogP) is 19.9. The molecule has 0 fully saturated rings. The molecule has 0 aromatic rings. The molecular formula is C74H118NO8+. The van der Waals surface area contributed by atoms with Crippen molar-refractivity contribution < 1.29 is 42.9 Å². The number of esters is 2. The molecule has 0 aliphatic carbocycles. The van der Waals surface area contributed by atoms with Crippen molar-refractivity contribution >= 4 is 17.9 Å². The number of unbranched alkanes of at least 4 members (excludes halogenated alkanes) is 14. The average molecular weight is 1150 g/mol. The van der Waals surface area contributed by atoms with Gasteiger partial charge in [-0.15, -0.1) is 0 Å². The molecule has 0 aliphatic heterocycles. The highest BCUT2D eigenvalue weighted by atomic mass is 16.7. The number of carbonyl (C=O) groups is 3. The van der Waals surface area contributed by atoms with E-state index in [2.05, 4.69) is 184 Å². The van der Waals surface area contributed by atoms with Crippen LogP contribution in [-0.4, -0.2) is 87.4 Å². The van der Waals surface area contributed by atoms with Gasteiger partial charge in [0.1, 0.15) is 13.2 Å². The van der Waals surface area contributed by atoms with Crippen LogP contribution in [0.15, 0.2) is 170 Å². The SMILES string of the molecule is CC/C=C\C/C=C\C/C=C\C/C=C\C/C=C\C/C=C\C/C=C\C/C=C\CCCCCCCCCCCCC(=O)OC(COC(=O)CCCCCC/C=C\C/C=C\C/C=C\C/C=C\C/C=C\C/C=C\CC)COC(OCC[N+](C)(C)C)C(=O)O. The maximum absolute atomic E-state index is 12.9. The fraction of sp³-hybridized carbons (Fsp3) is 0.581. The van der Waals surface area contributed by atoms with E-state index in [1.54, 1.807) is 0 Å². The zero-order chi connectivity index (χ0) is 60.5. The number of ether oxygens (including phenoxy) is 4. The number of carbonyl (C=O) groups excluding carboxylic acids is 2. The third-order valence-electron chi connectivity index (χ3n) is 13.0. The highest BCUT2D eigenvalue weighted by molar-refractivity contribution is 5.71. The third-order valence-corrected chi connectivity index (χ3v) is 13.0. The monoisotopic (exact) mass is 1150 g/mol. The van der Waals surface area contributed by atoms with Crippen molar-refractivity contribution in [2.24, 2.45) is 0 Å². The zero-order valence-corrected chi connectivity index (χ0v) is 53.0. The molecule has 9 nitrogen and oxygen atoms in total. The first-order valence-electron chi connectivity index (χ1n) is 32.3. The lowest BCUT2D eigenvalue weighted by Gasteiger charge is -2.25. The first kappa shape index (κ1) is 77.7. The van der Waals surface area contributed by atoms with Gasteiger partial charge < -0.3 is 28.5 Å². The highest BCUT2D eigenvalue weighted by Crippen LogP contribution is 2.14. The number of likely N-dealkylation sites (N-methyl/N-ethyl adjacent to an activating group) is 1. The van der Waals surface area contributed by atoms with Crippen molar-refractivity contribution in [1.29, 1.82) is 0 Å². The van der Waals surface area contributed by atoms with Crippen LogP contribution in [-0.2, 0) is 33.3 Å². The zero-order valence-electron chi connectivity index (χ0n) is 53.0. The lowest BCUT2D eigenvalue weighted by molar-refractivity contribution is -0.870. The molecular weight excluding hydrogens is 1030 g/mol. The average Bonchev–Trinajstić information content (AvgIpc) is 3.46. The molecule has 466 valence electrons. The molecule has 2 atom stereocenters. The summed E-state index contributed by atoms with van der Waals surface area (Å²) < 4.78 is 22.9. The molecule has 0 aromatic heterocycles. The number of carboxylic acid groups (broad SMARTS) is 1. The number of carboxylic acids is 1. The van der Waals surface area contributed by atoms with E-state index in [0.29, 0.717) is 23.9 Å². The normalized spacial score (nSPS) is 13.9. The van der Waals surface area contributed by atoms with E-state index in [0.717, 1.165) is 141 Å². The molecule has 0 bridgehead atoms. The van der Waals surface area contributed by atoms with E-state index < -0.39 is 24.3 Å². The quantitative estimate of drug-likeness (QED) is 0.0211. The minimum absolute atomic E-state index is 0.173. The van der Waals surface area contributed by atoms with Crippen molar-refractivity contribution in [2.75, 3.05) is 47.5 Å². The van der Waals surface area contributed by atoms with Crippen molar-refractivity contribution in [3.8, 4) is 0 Å². The van der Waals surface area contributed by atoms with E-state index in [9.17, 15) is 19.5 Å². The Balaban J connectivity index is 4.27. The Bertz CT molecular complexity index is 1960. The lowest BCUT2D eigenvalue weighted by atomic mass is 10.0. The van der Waals surface area contributed by atoms with Crippen LogP contribution in [0.25, 0.3) is 0 Å². The minimum Gasteiger partial charge on any atom is -0.477 e. The molecule has 0 saturated carbocycles. The Morgan fingerprint density at radius 3 is 0.964 bits per heavy atom. The third kappa shape index (κ3) is 64.1. The van der Waals surface area contributed by atoms with Gasteiger partial charge in [-0.3, -0.25) is 9.59 Å². The van der Waals surface area contributed by atoms with Gasteiger partial charge in [-0.2, -0.15) is 0 Å². The maximum atomic E-state index is 12.9. The number of hydrogen-bond acceptors (Lipinski definition) is 7. The fourth-order valence-corrected chi connectivity index (χ4v) is 8.09. The van der Waals surface area contributed by atoms with Gasteiger partial charge >= 0.3 is 17.9 Å². The lowest BCUT2D eigenvalue weighted by Crippen LogP contribution is -2.40. The molecule has 9 heteroatoms. The molecule has 0 amide bonds. The molecule has 83 heavy (non-hydrogen) atoms. The van der Waals surface area contributed by atoms with Crippen LogP contribution >= 0.6 is 0 Å². The van der Waals surface area contributed by atoms with Crippen molar-refractivity contribution in [3.63, 3.8) is 0 Å². The Hall–Kier alpha value is -5.35. The van der Waals surface area contributed by atoms with E-state index in [1.165, 1.54) is 38.5 Å². The van der Waals surface area contributed by atoms with Gasteiger partial charge in [-0.05, 0) is 128 Å². The number of allylic oxidation sites excluding steroid dienone is 28. The van der Waals surface area contributed by atoms with Gasteiger partial charge in [0.25, 0.3) is 6.29 Å². The second-order valence-corrected chi connectivity index (χ2v) is 22.0. The summed E-state index contributed by atoms with van der Waals surface area (Å²) in [4.78, 5) is 37.5. The number of nitrogens with zero attached hydrogens (tertiary/aromatic N) is 1. The van der Waals surface area contributed by atoms with Gasteiger partial charge in [0.15, 0.2) is 6.10 Å². The molecule has 0 aliphatic rings. The van der Waals surface area contributed by atoms with E-state index in [1.807, 2.05) is 21.1 Å². The summed E-state index contributed by atoms with van der Waals surface area (Å²) in [6, 6.07) is 0. The topological polar surface area (TPSA) is 108 Å². The first-order chi connectivity index (χ1) is 40.6. The summed E-state index contributed by atoms with van der Waals surface area (Å²) in [6.07, 6.45) is 91.5. The largest absolute Gasteiger partial charge is 0.477 e. The van der Waals surface area contributed by atoms with Crippen molar-refractivity contribution in [1.82, 2.24) is 0 Å². The van der Waals surface area contributed by atoms with Gasteiger partial charge in [-0.25, -0.2) is 4.79 Å². The summed E-state index contributed by atoms with van der Waals surface area (Å²) >= 11 is 0. The number of aliphatic carboxylic acids is 1. The first-order valence-corrected chi connectivity index (χ1v) is 32.3. The van der Waals surface area contributed by atoms with Crippen LogP contribution < -0.4 is 0 Å². The second-order valence-electron chi connectivity index (χ2n) is 22.0. The highest BCUT2D eigenvalue weighted by Gasteiger charge is 2.25. The van der Waals surface area contributed by atoms with E-state index >= 15 is 0 Å². The molecule has 0 radical (unpaired) electrons. The summed E-state index contributed by atoms with van der Waals surface area (Å²) in [7, 11) is 5.95. The van der Waals surface area contributed by atoms with Crippen molar-refractivity contribution in [3.05, 3.63) is 170 Å². The van der Waals surface area contributed by atoms with Crippen LogP contribution in [0.2, 0.25) is 0 Å². The number of hydrogen-bond donors (Lipinski definition) is 1. The Morgan fingerprint density at radius 2 is 0.651 bits per heavy atom. The van der Waals surface area contributed by atoms with Crippen LogP contribution in [0.4, 0.5) is 0 Å². The standard InChI is InChI=1S/C74H117NO8/c1-6-8-10-12-14-16-18-20-22-24-26-28-30-31-32-33-34-35-36-37-38-39-40-41-43-45-47-49-51-53-55-57-59-61-63-65-72(77)83-70(69-82-74(73(78)79)80-67-66-75(3,4)5)68-81-71(76)64-62-60-58-56-54-52-50-48-46-44-42-29-27-25-23-21-19-17-15-13-11-9-7-2/h8-11,14-17,20-23,26-29,31-32,34-35,37-38,40-41,44,46,50,52,70,74H,6-7,12-13,18-19,24-25,30,33,36,39,42-43,45,47-49,51,53-69H2,1-5H3/p+1/b10-8-,11-9-,16-14-,17-15-,22-20-,23-21-,28-26-,29-27-,32-31-,35-34-,38-37-,41-40-,46-44-,52-50-. The minimum atomic E-state index is -1.53. The van der Waals surface area contributed by atoms with Crippen LogP contribution in [0.5, 0.6) is 0 Å². The molecule has 0 saturated heterocycles. The maximum Gasteiger partial charge on any atom is 0.361 e. The summed E-state index contributed by atoms with van der Waals surface area (Å²) in [5.74, 6) is -2.06. The summed E-state index contributed by atoms with van der Waals surface area (Å²) in [5.41, 5.74) is 0. The molecule has 1 N–H and O–H groups in total. The van der Waals surface area contributed by atoms with E-state index in [-0.39, 0.29) is 38.6 Å². The van der Waals surface area contributed by atoms with E-state index in [4.69, 9.17) is 18.9 Å². The molecule has 0 spiro atoms.